The molecule has 4 atom stereocenters. The second-order valence-electron chi connectivity index (χ2n) is 19.5. The topological polar surface area (TPSA) is 101 Å². The molecule has 0 amide bonds. The zero-order valence-electron chi connectivity index (χ0n) is 41.6. The van der Waals surface area contributed by atoms with Crippen molar-refractivity contribution in [1.29, 1.82) is 0 Å². The van der Waals surface area contributed by atoms with Crippen molar-refractivity contribution in [1.82, 2.24) is 0 Å². The number of aliphatic hydroxyl groups is 1. The van der Waals surface area contributed by atoms with Gasteiger partial charge in [-0.1, -0.05) is 60.7 Å². The van der Waals surface area contributed by atoms with Gasteiger partial charge in [0.25, 0.3) is 0 Å². The van der Waals surface area contributed by atoms with E-state index in [1.165, 1.54) is 0 Å². The second-order valence-corrected chi connectivity index (χ2v) is 19.5. The van der Waals surface area contributed by atoms with Gasteiger partial charge in [-0.2, -0.15) is 0 Å². The highest BCUT2D eigenvalue weighted by Crippen LogP contribution is 2.58. The number of hydrogen-bond donors (Lipinski definition) is 1. The van der Waals surface area contributed by atoms with Gasteiger partial charge in [-0.25, -0.2) is 0 Å². The fraction of sp³-hybridized carbons (Fsp3) is 0.390. The fourth-order valence-corrected chi connectivity index (χ4v) is 10.8. The normalized spacial score (nSPS) is 18.8. The van der Waals surface area contributed by atoms with Gasteiger partial charge in [-0.05, 0) is 161 Å². The molecule has 6 aromatic rings. The van der Waals surface area contributed by atoms with Crippen LogP contribution in [0.2, 0.25) is 0 Å². The minimum atomic E-state index is -0.935. The number of benzene rings is 6. The lowest BCUT2D eigenvalue weighted by molar-refractivity contribution is 0.0615. The van der Waals surface area contributed by atoms with Crippen LogP contribution in [0.15, 0.2) is 60.7 Å². The molecule has 6 aromatic carbocycles. The third-order valence-corrected chi connectivity index (χ3v) is 15.2. The van der Waals surface area contributed by atoms with Crippen LogP contribution < -0.4 is 28.4 Å². The first-order valence-corrected chi connectivity index (χ1v) is 24.1. The van der Waals surface area contributed by atoms with Crippen LogP contribution in [0.4, 0.5) is 0 Å². The molecule has 0 saturated carbocycles. The van der Waals surface area contributed by atoms with Crippen molar-refractivity contribution in [3.63, 3.8) is 0 Å². The van der Waals surface area contributed by atoms with Crippen LogP contribution in [0.5, 0.6) is 46.0 Å². The van der Waals surface area contributed by atoms with Crippen molar-refractivity contribution < 1.29 is 43.0 Å². The molecule has 4 aliphatic heterocycles. The maximum Gasteiger partial charge on any atom is 0.135 e. The largest absolute Gasteiger partial charge is 0.490 e. The van der Waals surface area contributed by atoms with Gasteiger partial charge < -0.3 is 43.0 Å². The van der Waals surface area contributed by atoms with Crippen molar-refractivity contribution in [2.24, 2.45) is 0 Å². The summed E-state index contributed by atoms with van der Waals surface area (Å²) in [7, 11) is 0. The molecule has 0 aromatic heterocycles. The summed E-state index contributed by atoms with van der Waals surface area (Å²) >= 11 is 0. The molecule has 9 heteroatoms. The Balaban J connectivity index is 0.962. The predicted molar refractivity (Wildman–Crippen MR) is 265 cm³/mol. The molecule has 0 radical (unpaired) electrons. The third-order valence-electron chi connectivity index (χ3n) is 15.2. The zero-order valence-corrected chi connectivity index (χ0v) is 41.6. The Morgan fingerprint density at radius 1 is 0.412 bits per heavy atom. The maximum atomic E-state index is 11.8. The van der Waals surface area contributed by atoms with Crippen molar-refractivity contribution in [3.8, 4) is 46.0 Å². The molecule has 2 fully saturated rings. The second kappa shape index (κ2) is 17.8. The average molecular weight is 917 g/mol. The van der Waals surface area contributed by atoms with Gasteiger partial charge in [-0.3, -0.25) is 0 Å². The van der Waals surface area contributed by atoms with E-state index in [-0.39, 0.29) is 37.3 Å². The average Bonchev–Trinajstić information content (AvgIpc) is 4.30. The van der Waals surface area contributed by atoms with Gasteiger partial charge in [0, 0.05) is 34.1 Å². The lowest BCUT2D eigenvalue weighted by Gasteiger charge is -2.36. The molecule has 10 rings (SSSR count). The first kappa shape index (κ1) is 45.8. The van der Waals surface area contributed by atoms with Crippen LogP contribution >= 0.6 is 0 Å². The number of ether oxygens (including phenoxy) is 8. The molecule has 68 heavy (non-hydrogen) atoms. The smallest absolute Gasteiger partial charge is 0.135 e. The van der Waals surface area contributed by atoms with Crippen LogP contribution in [0.1, 0.15) is 112 Å². The molecule has 0 spiro atoms. The summed E-state index contributed by atoms with van der Waals surface area (Å²) in [5, 5.41) is 11.8. The van der Waals surface area contributed by atoms with Crippen molar-refractivity contribution in [2.75, 3.05) is 39.6 Å². The molecular formula is C59H64O9. The summed E-state index contributed by atoms with van der Waals surface area (Å²) in [5.74, 6) is 6.43. The molecule has 9 nitrogen and oxygen atoms in total. The van der Waals surface area contributed by atoms with Crippen LogP contribution in [0.3, 0.4) is 0 Å². The molecule has 4 aliphatic rings. The molecule has 1 N–H and O–H groups in total. The Kier molecular flexibility index (Phi) is 12.0. The van der Waals surface area contributed by atoms with Gasteiger partial charge in [0.2, 0.25) is 0 Å². The molecular weight excluding hydrogens is 853 g/mol. The molecule has 0 aliphatic carbocycles. The maximum absolute atomic E-state index is 11.8. The highest BCUT2D eigenvalue weighted by molar-refractivity contribution is 5.74. The Morgan fingerprint density at radius 2 is 0.691 bits per heavy atom. The fourth-order valence-electron chi connectivity index (χ4n) is 10.8. The zero-order chi connectivity index (χ0) is 47.9. The highest BCUT2D eigenvalue weighted by Gasteiger charge is 2.40. The highest BCUT2D eigenvalue weighted by atomic mass is 16.6. The van der Waals surface area contributed by atoms with E-state index in [0.29, 0.717) is 13.2 Å². The van der Waals surface area contributed by atoms with Crippen molar-refractivity contribution in [2.45, 2.75) is 113 Å². The van der Waals surface area contributed by atoms with Crippen LogP contribution in [-0.4, -0.2) is 63.1 Å². The van der Waals surface area contributed by atoms with Crippen LogP contribution in [0.25, 0.3) is 0 Å². The summed E-state index contributed by atoms with van der Waals surface area (Å²) in [6.45, 7) is 27.9. The van der Waals surface area contributed by atoms with Crippen LogP contribution in [-0.2, 0) is 9.47 Å². The van der Waals surface area contributed by atoms with Crippen LogP contribution in [0, 0.1) is 83.1 Å². The van der Waals surface area contributed by atoms with Gasteiger partial charge in [0.15, 0.2) is 0 Å². The Morgan fingerprint density at radius 3 is 0.971 bits per heavy atom. The lowest BCUT2D eigenvalue weighted by Crippen LogP contribution is -2.27. The SMILES string of the molecule is Cc1c(C)c2c(c(C)c1OCC(O)COc1c(C)c(C)c3c(c1C)C(c1ccccc1)c1c(C)c(OCC4CO4)c(C)c(C)c1O3)C(c1ccccc1)c1c(C)c(OCC3CO3)c(C)c(C)c1O2. The summed E-state index contributed by atoms with van der Waals surface area (Å²) in [6, 6.07) is 21.2. The number of hydrogen-bond acceptors (Lipinski definition) is 9. The van der Waals surface area contributed by atoms with E-state index in [0.717, 1.165) is 159 Å². The molecule has 0 bridgehead atoms. The number of aliphatic hydroxyl groups excluding tert-OH is 1. The molecule has 2 saturated heterocycles. The minimum absolute atomic E-state index is 0.0313. The van der Waals surface area contributed by atoms with Gasteiger partial charge >= 0.3 is 0 Å². The number of epoxide rings is 2. The Labute approximate surface area is 401 Å². The van der Waals surface area contributed by atoms with E-state index < -0.39 is 6.10 Å². The Hall–Kier alpha value is -6.00. The van der Waals surface area contributed by atoms with Gasteiger partial charge in [0.05, 0.1) is 13.2 Å². The van der Waals surface area contributed by atoms with Gasteiger partial charge in [-0.15, -0.1) is 0 Å². The third kappa shape index (κ3) is 7.77. The first-order chi connectivity index (χ1) is 32.7. The summed E-state index contributed by atoms with van der Waals surface area (Å²) < 4.78 is 51.5. The molecule has 4 heterocycles. The van der Waals surface area contributed by atoms with Crippen molar-refractivity contribution >= 4 is 0 Å². The van der Waals surface area contributed by atoms with E-state index in [2.05, 4.69) is 144 Å². The number of fused-ring (bicyclic) bond motifs is 4. The van der Waals surface area contributed by atoms with Gasteiger partial charge in [0.1, 0.15) is 90.7 Å². The first-order valence-electron chi connectivity index (χ1n) is 24.1. The summed E-state index contributed by atoms with van der Waals surface area (Å²) in [4.78, 5) is 0. The lowest BCUT2D eigenvalue weighted by atomic mass is 9.76. The Bertz CT molecular complexity index is 2760. The van der Waals surface area contributed by atoms with E-state index >= 15 is 0 Å². The summed E-state index contributed by atoms with van der Waals surface area (Å²) in [6.07, 6.45) is -0.665. The minimum Gasteiger partial charge on any atom is -0.490 e. The standard InChI is InChI=1S/C59H64O9/c1-29-33(5)56-46(50(41-19-15-13-16-20-41)48-39(11)54(65-27-44-25-61-44)31(3)35(7)58(48)67-56)37(9)52(29)63-23-43(60)24-64-53-30(2)34(6)57-47(38(53)10)51(42-21-17-14-18-22-42)49-40(12)55(66-28-45-26-62-45)32(4)36(8)59(49)68-57/h13-22,43-45,50-51,60H,23-28H2,1-12H3. The van der Waals surface area contributed by atoms with E-state index in [1.54, 1.807) is 0 Å². The molecule has 4 unspecified atom stereocenters. The number of rotatable bonds is 14. The van der Waals surface area contributed by atoms with E-state index in [4.69, 9.17) is 37.9 Å². The monoisotopic (exact) mass is 916 g/mol. The van der Waals surface area contributed by atoms with E-state index in [1.807, 2.05) is 0 Å². The quantitative estimate of drug-likeness (QED) is 0.107. The predicted octanol–water partition coefficient (Wildman–Crippen LogP) is 12.3. The summed E-state index contributed by atoms with van der Waals surface area (Å²) in [5.41, 5.74) is 18.9. The molecule has 354 valence electrons. The van der Waals surface area contributed by atoms with Crippen molar-refractivity contribution in [3.05, 3.63) is 161 Å². The van der Waals surface area contributed by atoms with E-state index in [9.17, 15) is 5.11 Å².